The molecule has 1 aliphatic rings. The summed E-state index contributed by atoms with van der Waals surface area (Å²) in [6.45, 7) is 2.21. The van der Waals surface area contributed by atoms with Gasteiger partial charge in [-0.2, -0.15) is 8.42 Å². The molecule has 0 heterocycles. The quantitative estimate of drug-likeness (QED) is 0.543. The third-order valence-corrected chi connectivity index (χ3v) is 3.09. The molecule has 14 heavy (non-hydrogen) atoms. The first-order valence-corrected chi connectivity index (χ1v) is 6.15. The number of rotatable bonds is 5. The Balaban J connectivity index is 2.07. The molecule has 1 fully saturated rings. The van der Waals surface area contributed by atoms with Gasteiger partial charge in [-0.1, -0.05) is 6.92 Å². The number of amides is 1. The Hall–Kier alpha value is -0.650. The van der Waals surface area contributed by atoms with E-state index in [0.717, 1.165) is 6.42 Å². The second-order valence-electron chi connectivity index (χ2n) is 3.71. The van der Waals surface area contributed by atoms with Crippen molar-refractivity contribution in [2.45, 2.75) is 19.8 Å². The van der Waals surface area contributed by atoms with Crippen molar-refractivity contribution < 1.29 is 17.1 Å². The lowest BCUT2D eigenvalue weighted by Gasteiger charge is -2.02. The van der Waals surface area contributed by atoms with Crippen molar-refractivity contribution in [3.63, 3.8) is 0 Å². The van der Waals surface area contributed by atoms with Crippen molar-refractivity contribution in [1.82, 2.24) is 5.32 Å². The molecule has 0 aliphatic heterocycles. The van der Waals surface area contributed by atoms with Crippen molar-refractivity contribution in [1.29, 1.82) is 0 Å². The van der Waals surface area contributed by atoms with Crippen LogP contribution < -0.4 is 5.32 Å². The summed E-state index contributed by atoms with van der Waals surface area (Å²) in [5.41, 5.74) is 0. The second-order valence-corrected chi connectivity index (χ2v) is 5.19. The highest BCUT2D eigenvalue weighted by molar-refractivity contribution is 7.86. The molecule has 1 amide bonds. The molecule has 0 aromatic carbocycles. The molecule has 1 saturated carbocycles. The molecule has 2 unspecified atom stereocenters. The molecule has 0 spiro atoms. The Labute approximate surface area is 83.1 Å². The van der Waals surface area contributed by atoms with Crippen molar-refractivity contribution in [2.24, 2.45) is 11.8 Å². The predicted molar refractivity (Wildman–Crippen MR) is 49.8 cm³/mol. The Morgan fingerprint density at radius 2 is 2.14 bits per heavy atom. The monoisotopic (exact) mass is 223 g/mol. The molecule has 4 nitrogen and oxygen atoms in total. The van der Waals surface area contributed by atoms with Crippen LogP contribution in [0.15, 0.2) is 0 Å². The zero-order valence-electron chi connectivity index (χ0n) is 7.99. The van der Waals surface area contributed by atoms with Crippen molar-refractivity contribution in [3.8, 4) is 0 Å². The van der Waals surface area contributed by atoms with Crippen LogP contribution in [0.3, 0.4) is 0 Å². The first-order chi connectivity index (χ1) is 6.40. The second kappa shape index (κ2) is 4.25. The van der Waals surface area contributed by atoms with E-state index >= 15 is 0 Å². The fraction of sp³-hybridized carbons (Fsp3) is 0.875. The van der Waals surface area contributed by atoms with Gasteiger partial charge in [0.2, 0.25) is 5.91 Å². The van der Waals surface area contributed by atoms with Gasteiger partial charge in [0.25, 0.3) is 0 Å². The van der Waals surface area contributed by atoms with E-state index in [0.29, 0.717) is 5.92 Å². The Bertz CT molecular complexity index is 315. The van der Waals surface area contributed by atoms with Gasteiger partial charge < -0.3 is 5.32 Å². The minimum Gasteiger partial charge on any atom is -0.356 e. The van der Waals surface area contributed by atoms with Crippen LogP contribution in [0.25, 0.3) is 0 Å². The predicted octanol–water partition coefficient (Wildman–Crippen LogP) is 0.448. The van der Waals surface area contributed by atoms with Crippen LogP contribution in [-0.4, -0.2) is 26.6 Å². The Morgan fingerprint density at radius 1 is 1.57 bits per heavy atom. The number of hydrogen-bond donors (Lipinski definition) is 1. The molecule has 1 rings (SSSR count). The maximum Gasteiger partial charge on any atom is 0.302 e. The van der Waals surface area contributed by atoms with Gasteiger partial charge in [-0.25, -0.2) is 0 Å². The van der Waals surface area contributed by atoms with Crippen LogP contribution in [-0.2, 0) is 15.0 Å². The van der Waals surface area contributed by atoms with Gasteiger partial charge in [0.05, 0.1) is 5.75 Å². The van der Waals surface area contributed by atoms with E-state index < -0.39 is 16.0 Å². The number of carbonyl (C=O) groups excluding carboxylic acids is 1. The summed E-state index contributed by atoms with van der Waals surface area (Å²) in [5.74, 6) is -0.0568. The standard InChI is InChI=1S/C8H14FNO3S/c1-6-5-7(6)8(11)10-3-2-4-14(9,12)13/h6-7H,2-5H2,1H3,(H,10,11). The molecule has 1 aliphatic carbocycles. The molecule has 2 atom stereocenters. The highest BCUT2D eigenvalue weighted by Crippen LogP contribution is 2.37. The summed E-state index contributed by atoms with van der Waals surface area (Å²) in [7, 11) is -4.39. The van der Waals surface area contributed by atoms with Gasteiger partial charge in [0.15, 0.2) is 0 Å². The molecule has 0 bridgehead atoms. The summed E-state index contributed by atoms with van der Waals surface area (Å²) in [5, 5.41) is 2.58. The zero-order valence-corrected chi connectivity index (χ0v) is 8.81. The Morgan fingerprint density at radius 3 is 2.57 bits per heavy atom. The smallest absolute Gasteiger partial charge is 0.302 e. The van der Waals surface area contributed by atoms with Crippen LogP contribution in [0.5, 0.6) is 0 Å². The zero-order chi connectivity index (χ0) is 10.8. The molecule has 0 saturated heterocycles. The molecule has 6 heteroatoms. The number of halogens is 1. The normalized spacial score (nSPS) is 25.9. The lowest BCUT2D eigenvalue weighted by molar-refractivity contribution is -0.122. The lowest BCUT2D eigenvalue weighted by Crippen LogP contribution is -2.27. The van der Waals surface area contributed by atoms with Crippen molar-refractivity contribution >= 4 is 16.1 Å². The van der Waals surface area contributed by atoms with Crippen LogP contribution in [0, 0.1) is 11.8 Å². The van der Waals surface area contributed by atoms with E-state index in [2.05, 4.69) is 5.32 Å². The van der Waals surface area contributed by atoms with Crippen molar-refractivity contribution in [3.05, 3.63) is 0 Å². The van der Waals surface area contributed by atoms with Gasteiger partial charge in [0, 0.05) is 12.5 Å². The van der Waals surface area contributed by atoms with E-state index in [9.17, 15) is 17.1 Å². The number of nitrogens with one attached hydrogen (secondary N) is 1. The van der Waals surface area contributed by atoms with E-state index in [1.165, 1.54) is 0 Å². The maximum atomic E-state index is 12.0. The van der Waals surface area contributed by atoms with Gasteiger partial charge in [-0.05, 0) is 18.8 Å². The molecule has 0 radical (unpaired) electrons. The average Bonchev–Trinajstić information content (AvgIpc) is 2.74. The fourth-order valence-corrected chi connectivity index (χ4v) is 1.76. The average molecular weight is 223 g/mol. The molecule has 1 N–H and O–H groups in total. The van der Waals surface area contributed by atoms with Crippen molar-refractivity contribution in [2.75, 3.05) is 12.3 Å². The van der Waals surface area contributed by atoms with E-state index in [1.54, 1.807) is 0 Å². The largest absolute Gasteiger partial charge is 0.356 e. The highest BCUT2D eigenvalue weighted by Gasteiger charge is 2.38. The molecular formula is C8H14FNO3S. The highest BCUT2D eigenvalue weighted by atomic mass is 32.3. The molecule has 82 valence electrons. The van der Waals surface area contributed by atoms with Crippen LogP contribution in [0.1, 0.15) is 19.8 Å². The fourth-order valence-electron chi connectivity index (χ4n) is 1.27. The molecular weight excluding hydrogens is 209 g/mol. The molecule has 0 aromatic heterocycles. The van der Waals surface area contributed by atoms with Crippen LogP contribution >= 0.6 is 0 Å². The summed E-state index contributed by atoms with van der Waals surface area (Å²) < 4.78 is 32.2. The topological polar surface area (TPSA) is 63.2 Å². The van der Waals surface area contributed by atoms with E-state index in [4.69, 9.17) is 0 Å². The van der Waals surface area contributed by atoms with E-state index in [1.807, 2.05) is 6.92 Å². The SMILES string of the molecule is CC1CC1C(=O)NCCCS(=O)(=O)F. The van der Waals surface area contributed by atoms with Gasteiger partial charge in [0.1, 0.15) is 0 Å². The summed E-state index contributed by atoms with van der Waals surface area (Å²) in [4.78, 5) is 11.2. The third kappa shape index (κ3) is 4.04. The van der Waals surface area contributed by atoms with Gasteiger partial charge in [-0.15, -0.1) is 3.89 Å². The number of carbonyl (C=O) groups is 1. The first-order valence-electron chi connectivity index (χ1n) is 4.60. The summed E-state index contributed by atoms with van der Waals surface area (Å²) in [6, 6.07) is 0. The first kappa shape index (κ1) is 11.4. The summed E-state index contributed by atoms with van der Waals surface area (Å²) in [6.07, 6.45) is 1.03. The van der Waals surface area contributed by atoms with Gasteiger partial charge in [-0.3, -0.25) is 4.79 Å². The maximum absolute atomic E-state index is 12.0. The molecule has 0 aromatic rings. The minimum absolute atomic E-state index is 0.0474. The number of hydrogen-bond acceptors (Lipinski definition) is 3. The van der Waals surface area contributed by atoms with E-state index in [-0.39, 0.29) is 24.8 Å². The minimum atomic E-state index is -4.39. The lowest BCUT2D eigenvalue weighted by atomic mass is 10.3. The Kier molecular flexibility index (Phi) is 3.47. The van der Waals surface area contributed by atoms with Crippen LogP contribution in [0.4, 0.5) is 3.89 Å². The van der Waals surface area contributed by atoms with Gasteiger partial charge >= 0.3 is 10.2 Å². The third-order valence-electron chi connectivity index (χ3n) is 2.31. The van der Waals surface area contributed by atoms with Crippen LogP contribution in [0.2, 0.25) is 0 Å². The summed E-state index contributed by atoms with van der Waals surface area (Å²) >= 11 is 0.